The number of halogens is 1. The average Bonchev–Trinajstić information content (AvgIpc) is 2.60. The molecule has 1 aliphatic rings. The van der Waals surface area contributed by atoms with Crippen molar-refractivity contribution in [3.05, 3.63) is 36.1 Å². The quantitative estimate of drug-likeness (QED) is 0.909. The molecule has 0 radical (unpaired) electrons. The monoisotopic (exact) mass is 358 g/mol. The summed E-state index contributed by atoms with van der Waals surface area (Å²) in [6.07, 6.45) is 1.06. The second-order valence-corrected chi connectivity index (χ2v) is 7.77. The highest BCUT2D eigenvalue weighted by atomic mass is 19.1. The largest absolute Gasteiger partial charge is 0.508 e. The Morgan fingerprint density at radius 3 is 2.58 bits per heavy atom. The Morgan fingerprint density at radius 1 is 1.23 bits per heavy atom. The third-order valence-corrected chi connectivity index (χ3v) is 6.17. The first-order valence-electron chi connectivity index (χ1n) is 8.98. The van der Waals surface area contributed by atoms with E-state index >= 15 is 0 Å². The van der Waals surface area contributed by atoms with Gasteiger partial charge in [0.05, 0.1) is 5.69 Å². The summed E-state index contributed by atoms with van der Waals surface area (Å²) in [6, 6.07) is 8.07. The van der Waals surface area contributed by atoms with E-state index in [1.54, 1.807) is 6.07 Å². The van der Waals surface area contributed by atoms with Crippen molar-refractivity contribution in [2.75, 3.05) is 25.5 Å². The molecule has 0 aliphatic carbocycles. The van der Waals surface area contributed by atoms with E-state index in [2.05, 4.69) is 47.8 Å². The summed E-state index contributed by atoms with van der Waals surface area (Å²) in [5.74, 6) is 0.632. The maximum atomic E-state index is 14.0. The van der Waals surface area contributed by atoms with Crippen LogP contribution < -0.4 is 4.90 Å². The van der Waals surface area contributed by atoms with Gasteiger partial charge in [-0.15, -0.1) is 10.2 Å². The van der Waals surface area contributed by atoms with Crippen molar-refractivity contribution in [2.24, 2.45) is 5.92 Å². The molecule has 1 aromatic carbocycles. The number of likely N-dealkylation sites (tertiary alicyclic amines) is 1. The molecule has 1 N–H and O–H groups in total. The van der Waals surface area contributed by atoms with Crippen molar-refractivity contribution in [1.82, 2.24) is 15.1 Å². The van der Waals surface area contributed by atoms with Crippen LogP contribution in [0.15, 0.2) is 30.3 Å². The first-order chi connectivity index (χ1) is 12.2. The van der Waals surface area contributed by atoms with Gasteiger partial charge in [-0.3, -0.25) is 0 Å². The van der Waals surface area contributed by atoms with Gasteiger partial charge in [0.25, 0.3) is 0 Å². The number of benzene rings is 1. The molecule has 26 heavy (non-hydrogen) atoms. The number of hydrogen-bond acceptors (Lipinski definition) is 5. The van der Waals surface area contributed by atoms with Crippen LogP contribution in [0.3, 0.4) is 0 Å². The molecule has 2 atom stereocenters. The van der Waals surface area contributed by atoms with Crippen LogP contribution in [0.25, 0.3) is 11.3 Å². The molecule has 1 aliphatic heterocycles. The van der Waals surface area contributed by atoms with E-state index in [0.717, 1.165) is 24.8 Å². The molecule has 0 amide bonds. The predicted octanol–water partition coefficient (Wildman–Crippen LogP) is 3.54. The minimum absolute atomic E-state index is 0.102. The fourth-order valence-electron chi connectivity index (χ4n) is 3.75. The van der Waals surface area contributed by atoms with Gasteiger partial charge in [-0.2, -0.15) is 0 Å². The van der Waals surface area contributed by atoms with E-state index in [0.29, 0.717) is 23.2 Å². The van der Waals surface area contributed by atoms with Gasteiger partial charge in [-0.25, -0.2) is 4.39 Å². The van der Waals surface area contributed by atoms with Crippen LogP contribution >= 0.6 is 0 Å². The lowest BCUT2D eigenvalue weighted by molar-refractivity contribution is 0.0391. The minimum atomic E-state index is -0.508. The maximum Gasteiger partial charge on any atom is 0.151 e. The van der Waals surface area contributed by atoms with Gasteiger partial charge in [-0.05, 0) is 57.5 Å². The lowest BCUT2D eigenvalue weighted by atomic mass is 9.77. The summed E-state index contributed by atoms with van der Waals surface area (Å²) in [7, 11) is 4.22. The van der Waals surface area contributed by atoms with E-state index in [1.807, 2.05) is 13.1 Å². The highest BCUT2D eigenvalue weighted by Crippen LogP contribution is 2.35. The van der Waals surface area contributed by atoms with Crippen molar-refractivity contribution in [2.45, 2.75) is 38.8 Å². The molecule has 1 fully saturated rings. The zero-order valence-corrected chi connectivity index (χ0v) is 16.1. The van der Waals surface area contributed by atoms with Crippen LogP contribution in [0, 0.1) is 11.7 Å². The molecular weight excluding hydrogens is 331 g/mol. The van der Waals surface area contributed by atoms with E-state index in [4.69, 9.17) is 0 Å². The van der Waals surface area contributed by atoms with Gasteiger partial charge in [0.2, 0.25) is 0 Å². The Kier molecular flexibility index (Phi) is 4.88. The van der Waals surface area contributed by atoms with Gasteiger partial charge < -0.3 is 14.9 Å². The molecule has 1 aromatic heterocycles. The number of nitrogens with zero attached hydrogens (tertiary/aromatic N) is 4. The lowest BCUT2D eigenvalue weighted by Crippen LogP contribution is -2.59. The number of hydrogen-bond donors (Lipinski definition) is 1. The fraction of sp³-hybridized carbons (Fsp3) is 0.500. The van der Waals surface area contributed by atoms with Crippen LogP contribution in [-0.2, 0) is 0 Å². The van der Waals surface area contributed by atoms with E-state index in [-0.39, 0.29) is 11.3 Å². The zero-order valence-electron chi connectivity index (χ0n) is 16.1. The molecule has 2 heterocycles. The average molecular weight is 358 g/mol. The Labute approximate surface area is 154 Å². The molecule has 2 unspecified atom stereocenters. The van der Waals surface area contributed by atoms with Gasteiger partial charge in [0.15, 0.2) is 5.82 Å². The SMILES string of the molecule is CC1C(N(C)c2ccc(-c3ccc(O)cc3F)nn2)CCN(C)C1(C)C. The highest BCUT2D eigenvalue weighted by molar-refractivity contribution is 5.61. The summed E-state index contributed by atoms with van der Waals surface area (Å²) in [4.78, 5) is 4.59. The van der Waals surface area contributed by atoms with Crippen molar-refractivity contribution < 1.29 is 9.50 Å². The molecule has 6 heteroatoms. The molecule has 140 valence electrons. The normalized spacial score (nSPS) is 23.0. The van der Waals surface area contributed by atoms with Crippen LogP contribution in [0.2, 0.25) is 0 Å². The molecule has 1 saturated heterocycles. The van der Waals surface area contributed by atoms with Crippen LogP contribution in [0.1, 0.15) is 27.2 Å². The third kappa shape index (κ3) is 3.26. The summed E-state index contributed by atoms with van der Waals surface area (Å²) >= 11 is 0. The number of aromatic nitrogens is 2. The van der Waals surface area contributed by atoms with Crippen molar-refractivity contribution in [3.8, 4) is 17.0 Å². The minimum Gasteiger partial charge on any atom is -0.508 e. The molecule has 3 rings (SSSR count). The molecule has 5 nitrogen and oxygen atoms in total. The van der Waals surface area contributed by atoms with Crippen LogP contribution in [0.4, 0.5) is 10.2 Å². The summed E-state index contributed by atoms with van der Waals surface area (Å²) in [6.45, 7) is 7.88. The Balaban J connectivity index is 1.82. The molecule has 2 aromatic rings. The number of phenolic OH excluding ortho intramolecular Hbond substituents is 1. The Morgan fingerprint density at radius 2 is 1.96 bits per heavy atom. The van der Waals surface area contributed by atoms with Crippen LogP contribution in [-0.4, -0.2) is 52.4 Å². The maximum absolute atomic E-state index is 14.0. The second kappa shape index (κ2) is 6.83. The van der Waals surface area contributed by atoms with Crippen molar-refractivity contribution in [1.29, 1.82) is 0 Å². The molecular formula is C20H27FN4O. The summed E-state index contributed by atoms with van der Waals surface area (Å²) in [5.41, 5.74) is 0.898. The zero-order chi connectivity index (χ0) is 19.1. The Hall–Kier alpha value is -2.21. The summed E-state index contributed by atoms with van der Waals surface area (Å²) < 4.78 is 14.0. The topological polar surface area (TPSA) is 52.5 Å². The van der Waals surface area contributed by atoms with Gasteiger partial charge in [0.1, 0.15) is 11.6 Å². The van der Waals surface area contributed by atoms with Gasteiger partial charge in [0, 0.05) is 36.8 Å². The second-order valence-electron chi connectivity index (χ2n) is 7.77. The standard InChI is InChI=1S/C20H27FN4O/c1-13-18(10-11-24(4)20(13,2)3)25(5)19-9-8-17(22-23-19)15-7-6-14(26)12-16(15)21/h6-9,12-13,18,26H,10-11H2,1-5H3. The van der Waals surface area contributed by atoms with E-state index in [9.17, 15) is 9.50 Å². The fourth-order valence-corrected chi connectivity index (χ4v) is 3.75. The van der Waals surface area contributed by atoms with Crippen molar-refractivity contribution in [3.63, 3.8) is 0 Å². The van der Waals surface area contributed by atoms with Crippen molar-refractivity contribution >= 4 is 5.82 Å². The third-order valence-electron chi connectivity index (χ3n) is 6.17. The van der Waals surface area contributed by atoms with E-state index in [1.165, 1.54) is 12.1 Å². The highest BCUT2D eigenvalue weighted by Gasteiger charge is 2.41. The molecule has 0 spiro atoms. The predicted molar refractivity (Wildman–Crippen MR) is 102 cm³/mol. The number of phenols is 1. The number of anilines is 1. The molecule has 0 bridgehead atoms. The smallest absolute Gasteiger partial charge is 0.151 e. The lowest BCUT2D eigenvalue weighted by Gasteiger charge is -2.51. The number of aromatic hydroxyl groups is 1. The van der Waals surface area contributed by atoms with E-state index < -0.39 is 5.82 Å². The number of piperidine rings is 1. The van der Waals surface area contributed by atoms with Gasteiger partial charge >= 0.3 is 0 Å². The first kappa shape index (κ1) is 18.6. The first-order valence-corrected chi connectivity index (χ1v) is 8.98. The van der Waals surface area contributed by atoms with Gasteiger partial charge in [-0.1, -0.05) is 6.92 Å². The summed E-state index contributed by atoms with van der Waals surface area (Å²) in [5, 5.41) is 17.9. The van der Waals surface area contributed by atoms with Crippen LogP contribution in [0.5, 0.6) is 5.75 Å². The Bertz CT molecular complexity index is 778. The number of rotatable bonds is 3. The molecule has 0 saturated carbocycles.